The average molecular weight is 379 g/mol. The molecule has 0 aromatic heterocycles. The molecule has 0 saturated carbocycles. The molecule has 0 aliphatic carbocycles. The first-order chi connectivity index (χ1) is 12.9. The molecule has 0 N–H and O–H groups in total. The fourth-order valence-corrected chi connectivity index (χ4v) is 3.83. The average Bonchev–Trinajstić information content (AvgIpc) is 2.68. The van der Waals surface area contributed by atoms with E-state index in [0.717, 1.165) is 22.9 Å². The third kappa shape index (κ3) is 4.44. The van der Waals surface area contributed by atoms with Crippen molar-refractivity contribution >= 4 is 15.7 Å². The van der Waals surface area contributed by atoms with Gasteiger partial charge in [-0.1, -0.05) is 66.7 Å². The summed E-state index contributed by atoms with van der Waals surface area (Å²) in [6.07, 6.45) is 1.11. The topological polar surface area (TPSA) is 54.5 Å². The molecule has 4 nitrogen and oxygen atoms in total. The quantitative estimate of drug-likeness (QED) is 0.673. The molecule has 0 atom stereocenters. The molecule has 5 heteroatoms. The van der Waals surface area contributed by atoms with E-state index in [9.17, 15) is 13.2 Å². The van der Waals surface area contributed by atoms with Gasteiger partial charge >= 0.3 is 0 Å². The van der Waals surface area contributed by atoms with Gasteiger partial charge in [-0.15, -0.1) is 0 Å². The minimum absolute atomic E-state index is 0.0567. The lowest BCUT2D eigenvalue weighted by atomic mass is 10.0. The predicted molar refractivity (Wildman–Crippen MR) is 107 cm³/mol. The SMILES string of the molecule is CN(Cc1ccc(-c2ccccc2)cc1)C(=O)c1ccccc1S(C)(=O)=O. The molecule has 138 valence electrons. The fraction of sp³-hybridized carbons (Fsp3) is 0.136. The smallest absolute Gasteiger partial charge is 0.255 e. The molecule has 3 aromatic rings. The summed E-state index contributed by atoms with van der Waals surface area (Å²) >= 11 is 0. The number of hydrogen-bond acceptors (Lipinski definition) is 3. The highest BCUT2D eigenvalue weighted by Gasteiger charge is 2.20. The van der Waals surface area contributed by atoms with Gasteiger partial charge in [0.25, 0.3) is 5.91 Å². The van der Waals surface area contributed by atoms with Crippen LogP contribution in [0.25, 0.3) is 11.1 Å². The summed E-state index contributed by atoms with van der Waals surface area (Å²) in [5, 5.41) is 0. The Bertz CT molecular complexity index is 1040. The van der Waals surface area contributed by atoms with Crippen LogP contribution in [-0.2, 0) is 16.4 Å². The highest BCUT2D eigenvalue weighted by atomic mass is 32.2. The third-order valence-electron chi connectivity index (χ3n) is 4.34. The van der Waals surface area contributed by atoms with Gasteiger partial charge in [0.2, 0.25) is 0 Å². The first-order valence-electron chi connectivity index (χ1n) is 8.55. The van der Waals surface area contributed by atoms with Crippen molar-refractivity contribution in [2.24, 2.45) is 0 Å². The van der Waals surface area contributed by atoms with Gasteiger partial charge in [-0.05, 0) is 28.8 Å². The van der Waals surface area contributed by atoms with Crippen molar-refractivity contribution in [3.63, 3.8) is 0 Å². The summed E-state index contributed by atoms with van der Waals surface area (Å²) in [5.74, 6) is -0.317. The maximum Gasteiger partial charge on any atom is 0.255 e. The van der Waals surface area contributed by atoms with E-state index in [0.29, 0.717) is 6.54 Å². The van der Waals surface area contributed by atoms with Crippen LogP contribution in [-0.4, -0.2) is 32.5 Å². The number of rotatable bonds is 5. The summed E-state index contributed by atoms with van der Waals surface area (Å²) in [5.41, 5.74) is 3.41. The number of nitrogens with zero attached hydrogens (tertiary/aromatic N) is 1. The largest absolute Gasteiger partial charge is 0.337 e. The van der Waals surface area contributed by atoms with Crippen molar-refractivity contribution in [2.45, 2.75) is 11.4 Å². The molecule has 3 rings (SSSR count). The molecular weight excluding hydrogens is 358 g/mol. The summed E-state index contributed by atoms with van der Waals surface area (Å²) in [6, 6.07) is 24.4. The second-order valence-corrected chi connectivity index (χ2v) is 8.48. The number of benzene rings is 3. The van der Waals surface area contributed by atoms with Gasteiger partial charge in [-0.2, -0.15) is 0 Å². The Hall–Kier alpha value is -2.92. The first-order valence-corrected chi connectivity index (χ1v) is 10.4. The third-order valence-corrected chi connectivity index (χ3v) is 5.50. The van der Waals surface area contributed by atoms with E-state index in [1.807, 2.05) is 54.6 Å². The zero-order valence-corrected chi connectivity index (χ0v) is 16.1. The second-order valence-electron chi connectivity index (χ2n) is 6.49. The van der Waals surface area contributed by atoms with E-state index < -0.39 is 9.84 Å². The lowest BCUT2D eigenvalue weighted by Gasteiger charge is -2.19. The van der Waals surface area contributed by atoms with Crippen molar-refractivity contribution in [1.82, 2.24) is 4.90 Å². The van der Waals surface area contributed by atoms with E-state index in [4.69, 9.17) is 0 Å². The van der Waals surface area contributed by atoms with Crippen LogP contribution in [0.3, 0.4) is 0 Å². The van der Waals surface area contributed by atoms with Crippen LogP contribution in [0.15, 0.2) is 83.8 Å². The minimum Gasteiger partial charge on any atom is -0.337 e. The van der Waals surface area contributed by atoms with Gasteiger partial charge in [-0.25, -0.2) is 8.42 Å². The standard InChI is InChI=1S/C22H21NO3S/c1-23(22(24)20-10-6-7-11-21(20)27(2,25)26)16-17-12-14-19(15-13-17)18-8-4-3-5-9-18/h3-15H,16H2,1-2H3. The Labute approximate surface area is 160 Å². The molecule has 3 aromatic carbocycles. The summed E-state index contributed by atoms with van der Waals surface area (Å²) in [7, 11) is -1.80. The molecule has 0 heterocycles. The maximum atomic E-state index is 12.8. The van der Waals surface area contributed by atoms with Crippen molar-refractivity contribution in [3.05, 3.63) is 90.0 Å². The van der Waals surface area contributed by atoms with Gasteiger partial charge in [0.1, 0.15) is 0 Å². The van der Waals surface area contributed by atoms with E-state index in [1.54, 1.807) is 25.2 Å². The summed E-state index contributed by atoms with van der Waals surface area (Å²) in [4.78, 5) is 14.4. The van der Waals surface area contributed by atoms with Crippen molar-refractivity contribution in [1.29, 1.82) is 0 Å². The van der Waals surface area contributed by atoms with E-state index in [-0.39, 0.29) is 16.4 Å². The van der Waals surface area contributed by atoms with Crippen LogP contribution in [0, 0.1) is 0 Å². The minimum atomic E-state index is -3.47. The van der Waals surface area contributed by atoms with Gasteiger partial charge in [-0.3, -0.25) is 4.79 Å². The van der Waals surface area contributed by atoms with Gasteiger partial charge in [0.05, 0.1) is 10.5 Å². The molecule has 0 aliphatic heterocycles. The molecule has 0 aliphatic rings. The molecule has 0 bridgehead atoms. The number of carbonyl (C=O) groups excluding carboxylic acids is 1. The molecule has 0 unspecified atom stereocenters. The lowest BCUT2D eigenvalue weighted by molar-refractivity contribution is 0.0781. The molecule has 0 spiro atoms. The van der Waals surface area contributed by atoms with Crippen molar-refractivity contribution in [2.75, 3.05) is 13.3 Å². The van der Waals surface area contributed by atoms with E-state index in [1.165, 1.54) is 11.0 Å². The molecular formula is C22H21NO3S. The molecule has 0 saturated heterocycles. The highest BCUT2D eigenvalue weighted by molar-refractivity contribution is 7.90. The number of amides is 1. The van der Waals surface area contributed by atoms with Crippen LogP contribution < -0.4 is 0 Å². The highest BCUT2D eigenvalue weighted by Crippen LogP contribution is 2.21. The Kier molecular flexibility index (Phi) is 5.42. The lowest BCUT2D eigenvalue weighted by Crippen LogP contribution is -2.27. The fourth-order valence-electron chi connectivity index (χ4n) is 2.95. The normalized spacial score (nSPS) is 11.2. The zero-order valence-electron chi connectivity index (χ0n) is 15.3. The van der Waals surface area contributed by atoms with Crippen LogP contribution in [0.5, 0.6) is 0 Å². The molecule has 27 heavy (non-hydrogen) atoms. The van der Waals surface area contributed by atoms with Gasteiger partial charge in [0, 0.05) is 19.8 Å². The molecule has 0 fully saturated rings. The van der Waals surface area contributed by atoms with Crippen LogP contribution >= 0.6 is 0 Å². The van der Waals surface area contributed by atoms with E-state index in [2.05, 4.69) is 0 Å². The van der Waals surface area contributed by atoms with Crippen LogP contribution in [0.4, 0.5) is 0 Å². The van der Waals surface area contributed by atoms with E-state index >= 15 is 0 Å². The Balaban J connectivity index is 1.78. The number of carbonyl (C=O) groups is 1. The van der Waals surface area contributed by atoms with Gasteiger partial charge < -0.3 is 4.90 Å². The first kappa shape index (κ1) is 18.9. The number of sulfone groups is 1. The van der Waals surface area contributed by atoms with Crippen molar-refractivity contribution in [3.8, 4) is 11.1 Å². The Morgan fingerprint density at radius 3 is 2.00 bits per heavy atom. The monoisotopic (exact) mass is 379 g/mol. The molecule has 1 amide bonds. The number of hydrogen-bond donors (Lipinski definition) is 0. The second kappa shape index (κ2) is 7.76. The van der Waals surface area contributed by atoms with Crippen LogP contribution in [0.1, 0.15) is 15.9 Å². The predicted octanol–water partition coefficient (Wildman–Crippen LogP) is 4.03. The van der Waals surface area contributed by atoms with Crippen LogP contribution in [0.2, 0.25) is 0 Å². The van der Waals surface area contributed by atoms with Crippen molar-refractivity contribution < 1.29 is 13.2 Å². The zero-order chi connectivity index (χ0) is 19.4. The molecule has 0 radical (unpaired) electrons. The van der Waals surface area contributed by atoms with Gasteiger partial charge in [0.15, 0.2) is 9.84 Å². The Morgan fingerprint density at radius 2 is 1.37 bits per heavy atom. The summed E-state index contributed by atoms with van der Waals surface area (Å²) < 4.78 is 23.9. The Morgan fingerprint density at radius 1 is 0.815 bits per heavy atom. The maximum absolute atomic E-state index is 12.8. The summed E-state index contributed by atoms with van der Waals surface area (Å²) in [6.45, 7) is 0.395.